The molecule has 2 fully saturated rings. The maximum Gasteiger partial charge on any atom is 0.410 e. The van der Waals surface area contributed by atoms with Gasteiger partial charge in [-0.2, -0.15) is 0 Å². The van der Waals surface area contributed by atoms with Gasteiger partial charge in [0.2, 0.25) is 5.91 Å². The number of amides is 3. The van der Waals surface area contributed by atoms with Gasteiger partial charge in [0.05, 0.1) is 29.7 Å². The van der Waals surface area contributed by atoms with Gasteiger partial charge in [-0.1, -0.05) is 6.07 Å². The van der Waals surface area contributed by atoms with Crippen molar-refractivity contribution in [1.82, 2.24) is 9.80 Å². The van der Waals surface area contributed by atoms with Crippen molar-refractivity contribution in [3.8, 4) is 5.75 Å². The first-order valence-electron chi connectivity index (χ1n) is 12.6. The number of hydrogen-bond acceptors (Lipinski definition) is 9. The summed E-state index contributed by atoms with van der Waals surface area (Å²) in [6.07, 6.45) is -1.30. The van der Waals surface area contributed by atoms with Crippen LogP contribution < -0.4 is 10.5 Å². The molecule has 2 saturated heterocycles. The lowest BCUT2D eigenvalue weighted by molar-refractivity contribution is -0.115. The maximum absolute atomic E-state index is 13.1. The molecule has 218 valence electrons. The van der Waals surface area contributed by atoms with E-state index in [1.54, 1.807) is 20.8 Å². The van der Waals surface area contributed by atoms with Crippen LogP contribution in [-0.2, 0) is 24.1 Å². The number of carbonyl (C=O) groups is 3. The number of ether oxygens (including phenoxy) is 3. The molecule has 2 atom stereocenters. The van der Waals surface area contributed by atoms with Gasteiger partial charge in [0.15, 0.2) is 9.84 Å². The summed E-state index contributed by atoms with van der Waals surface area (Å²) >= 11 is 0. The van der Waals surface area contributed by atoms with E-state index in [2.05, 4.69) is 0 Å². The van der Waals surface area contributed by atoms with E-state index in [9.17, 15) is 33.0 Å². The van der Waals surface area contributed by atoms with Crippen LogP contribution in [0.3, 0.4) is 0 Å². The fourth-order valence-electron chi connectivity index (χ4n) is 4.67. The Morgan fingerprint density at radius 1 is 1.26 bits per heavy atom. The zero-order valence-electron chi connectivity index (χ0n) is 22.4. The first-order chi connectivity index (χ1) is 18.1. The Hall–Kier alpha value is -3.10. The highest BCUT2D eigenvalue weighted by molar-refractivity contribution is 7.92. The molecule has 4 N–H and O–H groups in total. The zero-order valence-corrected chi connectivity index (χ0v) is 23.2. The third-order valence-corrected chi connectivity index (χ3v) is 8.19. The lowest BCUT2D eigenvalue weighted by Gasteiger charge is -2.38. The number of carboxylic acid groups (broad SMARTS) is 1. The zero-order chi connectivity index (χ0) is 29.0. The molecule has 2 aliphatic rings. The summed E-state index contributed by atoms with van der Waals surface area (Å²) in [4.78, 5) is 38.1. The fourth-order valence-corrected chi connectivity index (χ4v) is 5.79. The molecule has 13 nitrogen and oxygen atoms in total. The van der Waals surface area contributed by atoms with Crippen molar-refractivity contribution >= 4 is 27.9 Å². The topological polar surface area (TPSA) is 186 Å². The molecule has 0 radical (unpaired) electrons. The molecular weight excluding hydrogens is 534 g/mol. The SMILES string of the molecule is CC(C)(C)OC(=O)N(CC(O)COc1cccc(S(=O)(=O)CC(N)=O)c1)C1COC2(CCN(C(=O)O)CC2)C1. The van der Waals surface area contributed by atoms with Gasteiger partial charge in [-0.05, 0) is 58.2 Å². The van der Waals surface area contributed by atoms with Crippen molar-refractivity contribution in [3.63, 3.8) is 0 Å². The number of sulfone groups is 1. The average Bonchev–Trinajstić information content (AvgIpc) is 3.22. The van der Waals surface area contributed by atoms with Gasteiger partial charge >= 0.3 is 12.2 Å². The van der Waals surface area contributed by atoms with Gasteiger partial charge in [0, 0.05) is 13.1 Å². The number of nitrogens with zero attached hydrogens (tertiary/aromatic N) is 2. The number of primary amides is 1. The maximum atomic E-state index is 13.1. The van der Waals surface area contributed by atoms with E-state index in [0.29, 0.717) is 32.4 Å². The summed E-state index contributed by atoms with van der Waals surface area (Å²) in [5.41, 5.74) is 3.68. The van der Waals surface area contributed by atoms with Crippen LogP contribution in [0, 0.1) is 0 Å². The Morgan fingerprint density at radius 3 is 2.51 bits per heavy atom. The van der Waals surface area contributed by atoms with Gasteiger partial charge in [-0.3, -0.25) is 4.79 Å². The molecule has 39 heavy (non-hydrogen) atoms. The van der Waals surface area contributed by atoms with Crippen LogP contribution in [0.15, 0.2) is 29.2 Å². The molecule has 0 aliphatic carbocycles. The molecule has 0 aromatic heterocycles. The number of aliphatic hydroxyl groups excluding tert-OH is 1. The number of benzene rings is 1. The molecule has 1 spiro atoms. The predicted octanol–water partition coefficient (Wildman–Crippen LogP) is 1.22. The van der Waals surface area contributed by atoms with Crippen molar-refractivity contribution in [2.24, 2.45) is 5.73 Å². The molecule has 1 aromatic carbocycles. The molecule has 3 amide bonds. The van der Waals surface area contributed by atoms with Crippen LogP contribution in [0.2, 0.25) is 0 Å². The van der Waals surface area contributed by atoms with Crippen molar-refractivity contribution < 1.29 is 47.2 Å². The van der Waals surface area contributed by atoms with E-state index in [4.69, 9.17) is 19.9 Å². The summed E-state index contributed by atoms with van der Waals surface area (Å²) in [6, 6.07) is 5.07. The highest BCUT2D eigenvalue weighted by Gasteiger charge is 2.47. The standard InChI is InChI=1S/C25H37N3O10S/c1-24(2,3)38-23(33)28(17-12-25(37-14-17)7-9-27(10-8-25)22(31)32)13-18(29)15-36-19-5-4-6-20(11-19)39(34,35)16-21(26)30/h4-6,11,17-18,29H,7-10,12-16H2,1-3H3,(H2,26,30)(H,31,32). The molecule has 1 aromatic rings. The van der Waals surface area contributed by atoms with E-state index < -0.39 is 57.0 Å². The summed E-state index contributed by atoms with van der Waals surface area (Å²) in [7, 11) is -3.94. The van der Waals surface area contributed by atoms with E-state index in [0.717, 1.165) is 0 Å². The Labute approximate surface area is 227 Å². The summed E-state index contributed by atoms with van der Waals surface area (Å²) in [6.45, 7) is 5.67. The van der Waals surface area contributed by atoms with Crippen LogP contribution in [0.25, 0.3) is 0 Å². The summed E-state index contributed by atoms with van der Waals surface area (Å²) in [5.74, 6) is -1.68. The molecular formula is C25H37N3O10S. The molecule has 3 rings (SSSR count). The number of piperidine rings is 1. The van der Waals surface area contributed by atoms with Gasteiger partial charge in [-0.15, -0.1) is 0 Å². The molecule has 2 aliphatic heterocycles. The number of rotatable bonds is 9. The van der Waals surface area contributed by atoms with Crippen molar-refractivity contribution in [2.45, 2.75) is 68.3 Å². The Morgan fingerprint density at radius 2 is 1.92 bits per heavy atom. The Balaban J connectivity index is 1.67. The first-order valence-corrected chi connectivity index (χ1v) is 14.3. The average molecular weight is 572 g/mol. The Bertz CT molecular complexity index is 1160. The van der Waals surface area contributed by atoms with Crippen LogP contribution in [0.1, 0.15) is 40.0 Å². The fraction of sp³-hybridized carbons (Fsp3) is 0.640. The minimum Gasteiger partial charge on any atom is -0.491 e. The van der Waals surface area contributed by atoms with Crippen molar-refractivity contribution in [2.75, 3.05) is 38.6 Å². The van der Waals surface area contributed by atoms with Crippen LogP contribution in [0.4, 0.5) is 9.59 Å². The smallest absolute Gasteiger partial charge is 0.410 e. The summed E-state index contributed by atoms with van der Waals surface area (Å²) < 4.78 is 41.8. The summed E-state index contributed by atoms with van der Waals surface area (Å²) in [5, 5.41) is 20.0. The largest absolute Gasteiger partial charge is 0.491 e. The lowest BCUT2D eigenvalue weighted by Crippen LogP contribution is -2.50. The quantitative estimate of drug-likeness (QED) is 0.389. The van der Waals surface area contributed by atoms with E-state index in [1.165, 1.54) is 34.1 Å². The van der Waals surface area contributed by atoms with Crippen molar-refractivity contribution in [1.29, 1.82) is 0 Å². The monoisotopic (exact) mass is 571 g/mol. The molecule has 2 heterocycles. The van der Waals surface area contributed by atoms with Gasteiger partial charge in [0.1, 0.15) is 29.8 Å². The second-order valence-electron chi connectivity index (χ2n) is 10.9. The number of nitrogens with two attached hydrogens (primary N) is 1. The molecule has 0 bridgehead atoms. The predicted molar refractivity (Wildman–Crippen MR) is 138 cm³/mol. The van der Waals surface area contributed by atoms with Crippen LogP contribution in [-0.4, -0.2) is 108 Å². The highest BCUT2D eigenvalue weighted by atomic mass is 32.2. The van der Waals surface area contributed by atoms with Gasteiger partial charge in [0.25, 0.3) is 0 Å². The lowest BCUT2D eigenvalue weighted by atomic mass is 9.87. The second kappa shape index (κ2) is 12.0. The highest BCUT2D eigenvalue weighted by Crippen LogP contribution is 2.38. The van der Waals surface area contributed by atoms with Gasteiger partial charge < -0.3 is 40.0 Å². The van der Waals surface area contributed by atoms with Gasteiger partial charge in [-0.25, -0.2) is 18.0 Å². The third-order valence-electron chi connectivity index (χ3n) is 6.55. The second-order valence-corrected chi connectivity index (χ2v) is 12.9. The number of carbonyl (C=O) groups excluding carboxylic acids is 2. The van der Waals surface area contributed by atoms with Crippen LogP contribution in [0.5, 0.6) is 5.75 Å². The minimum absolute atomic E-state index is 0.139. The van der Waals surface area contributed by atoms with E-state index in [-0.39, 0.29) is 30.4 Å². The Kier molecular flexibility index (Phi) is 9.34. The van der Waals surface area contributed by atoms with Crippen LogP contribution >= 0.6 is 0 Å². The minimum atomic E-state index is -3.94. The molecule has 2 unspecified atom stereocenters. The normalized spacial score (nSPS) is 19.9. The molecule has 14 heteroatoms. The third kappa shape index (κ3) is 8.44. The number of hydrogen-bond donors (Lipinski definition) is 3. The van der Waals surface area contributed by atoms with Crippen molar-refractivity contribution in [3.05, 3.63) is 24.3 Å². The first kappa shape index (κ1) is 30.4. The van der Waals surface area contributed by atoms with E-state index >= 15 is 0 Å². The molecule has 0 saturated carbocycles. The van der Waals surface area contributed by atoms with E-state index in [1.807, 2.05) is 0 Å². The number of aliphatic hydroxyl groups is 1. The number of likely N-dealkylation sites (tertiary alicyclic amines) is 1.